The third-order valence-electron chi connectivity index (χ3n) is 9.43. The lowest BCUT2D eigenvalue weighted by Gasteiger charge is -2.33. The number of halogens is 3. The lowest BCUT2D eigenvalue weighted by atomic mass is 9.71. The van der Waals surface area contributed by atoms with E-state index < -0.39 is 11.6 Å². The van der Waals surface area contributed by atoms with Crippen LogP contribution in [0.3, 0.4) is 0 Å². The molecule has 2 aromatic carbocycles. The Morgan fingerprint density at radius 2 is 1.20 bits per heavy atom. The van der Waals surface area contributed by atoms with Crippen molar-refractivity contribution >= 4 is 0 Å². The Bertz CT molecular complexity index is 1040. The lowest BCUT2D eigenvalue weighted by molar-refractivity contribution is 0.298. The summed E-state index contributed by atoms with van der Waals surface area (Å²) in [6.07, 6.45) is 15.8. The summed E-state index contributed by atoms with van der Waals surface area (Å²) in [4.78, 5) is 0. The zero-order valence-corrected chi connectivity index (χ0v) is 21.6. The maximum atomic E-state index is 15.7. The van der Waals surface area contributed by atoms with E-state index in [4.69, 9.17) is 0 Å². The van der Waals surface area contributed by atoms with Crippen molar-refractivity contribution in [2.24, 2.45) is 11.8 Å². The Hall–Kier alpha value is -1.77. The third kappa shape index (κ3) is 4.69. The number of fused-ring (bicyclic) bond motifs is 4. The molecule has 0 radical (unpaired) electrons. The van der Waals surface area contributed by atoms with Crippen LogP contribution in [0.1, 0.15) is 127 Å². The molecular weight excluding hydrogens is 441 g/mol. The second-order valence-electron chi connectivity index (χ2n) is 11.6. The first-order chi connectivity index (χ1) is 17.0. The van der Waals surface area contributed by atoms with Crippen molar-refractivity contribution in [2.75, 3.05) is 0 Å². The number of benzene rings is 2. The smallest absolute Gasteiger partial charge is 0.167 e. The highest BCUT2D eigenvalue weighted by Crippen LogP contribution is 2.54. The Morgan fingerprint density at radius 1 is 0.600 bits per heavy atom. The molecule has 3 aliphatic carbocycles. The maximum absolute atomic E-state index is 15.7. The standard InChI is InChI=1S/C32H41F3/c1-3-5-6-8-21-11-15-23(16-12-21)26-19-27-25-18-17-24(22-13-9-20(7-4-2)10-14-22)30(33)28(25)29(27)32(35)31(26)34/h17-23H,3-16H2,1-2H3. The molecule has 3 heteroatoms. The molecule has 0 aromatic heterocycles. The first kappa shape index (κ1) is 24.9. The van der Waals surface area contributed by atoms with E-state index in [2.05, 4.69) is 13.8 Å². The minimum Gasteiger partial charge on any atom is -0.206 e. The Morgan fingerprint density at radius 3 is 1.83 bits per heavy atom. The van der Waals surface area contributed by atoms with Gasteiger partial charge in [-0.2, -0.15) is 0 Å². The van der Waals surface area contributed by atoms with Crippen LogP contribution < -0.4 is 0 Å². The van der Waals surface area contributed by atoms with Crippen molar-refractivity contribution in [3.05, 3.63) is 46.8 Å². The first-order valence-electron chi connectivity index (χ1n) is 14.4. The van der Waals surface area contributed by atoms with Gasteiger partial charge in [0.1, 0.15) is 5.82 Å². The number of unbranched alkanes of at least 4 members (excludes halogenated alkanes) is 2. The van der Waals surface area contributed by atoms with Gasteiger partial charge in [0.2, 0.25) is 0 Å². The summed E-state index contributed by atoms with van der Waals surface area (Å²) >= 11 is 0. The zero-order valence-electron chi connectivity index (χ0n) is 21.6. The van der Waals surface area contributed by atoms with Crippen LogP contribution >= 0.6 is 0 Å². The van der Waals surface area contributed by atoms with Crippen LogP contribution in [0.5, 0.6) is 0 Å². The van der Waals surface area contributed by atoms with Crippen molar-refractivity contribution in [1.82, 2.24) is 0 Å². The van der Waals surface area contributed by atoms with Crippen LogP contribution in [-0.4, -0.2) is 0 Å². The molecular formula is C32H41F3. The van der Waals surface area contributed by atoms with E-state index in [0.29, 0.717) is 22.3 Å². The molecule has 0 spiro atoms. The second-order valence-corrected chi connectivity index (χ2v) is 11.6. The van der Waals surface area contributed by atoms with Gasteiger partial charge in [0.25, 0.3) is 0 Å². The highest BCUT2D eigenvalue weighted by atomic mass is 19.2. The van der Waals surface area contributed by atoms with Gasteiger partial charge in [-0.1, -0.05) is 64.5 Å². The van der Waals surface area contributed by atoms with E-state index in [1.807, 2.05) is 18.2 Å². The molecule has 2 fully saturated rings. The molecule has 0 N–H and O–H groups in total. The minimum absolute atomic E-state index is 0.0729. The molecule has 0 amide bonds. The summed E-state index contributed by atoms with van der Waals surface area (Å²) < 4.78 is 46.3. The van der Waals surface area contributed by atoms with Crippen molar-refractivity contribution < 1.29 is 13.2 Å². The Kier molecular flexibility index (Phi) is 7.61. The topological polar surface area (TPSA) is 0 Å². The molecule has 0 saturated heterocycles. The van der Waals surface area contributed by atoms with Gasteiger partial charge in [-0.25, -0.2) is 13.2 Å². The summed E-state index contributed by atoms with van der Waals surface area (Å²) in [5.41, 5.74) is 3.17. The fraction of sp³-hybridized carbons (Fsp3) is 0.625. The van der Waals surface area contributed by atoms with Crippen molar-refractivity contribution in [3.63, 3.8) is 0 Å². The molecule has 2 saturated carbocycles. The van der Waals surface area contributed by atoms with Crippen LogP contribution in [0.25, 0.3) is 22.3 Å². The lowest BCUT2D eigenvalue weighted by Crippen LogP contribution is -2.18. The number of rotatable bonds is 8. The van der Waals surface area contributed by atoms with Gasteiger partial charge in [-0.3, -0.25) is 0 Å². The van der Waals surface area contributed by atoms with Crippen LogP contribution in [0.15, 0.2) is 18.2 Å². The highest BCUT2D eigenvalue weighted by molar-refractivity contribution is 6.03. The minimum atomic E-state index is -0.835. The van der Waals surface area contributed by atoms with Crippen LogP contribution in [0, 0.1) is 29.3 Å². The van der Waals surface area contributed by atoms with E-state index >= 15 is 13.2 Å². The van der Waals surface area contributed by atoms with Gasteiger partial charge in [0, 0.05) is 11.1 Å². The molecule has 3 aliphatic rings. The van der Waals surface area contributed by atoms with Gasteiger partial charge >= 0.3 is 0 Å². The zero-order chi connectivity index (χ0) is 24.5. The summed E-state index contributed by atoms with van der Waals surface area (Å²) in [5.74, 6) is -0.148. The van der Waals surface area contributed by atoms with Crippen molar-refractivity contribution in [3.8, 4) is 22.3 Å². The summed E-state index contributed by atoms with van der Waals surface area (Å²) in [5, 5.41) is 0. The predicted molar refractivity (Wildman–Crippen MR) is 139 cm³/mol. The average molecular weight is 483 g/mol. The van der Waals surface area contributed by atoms with Gasteiger partial charge in [-0.15, -0.1) is 0 Å². The molecule has 0 bridgehead atoms. The van der Waals surface area contributed by atoms with Crippen molar-refractivity contribution in [2.45, 2.75) is 116 Å². The number of hydrogen-bond acceptors (Lipinski definition) is 0. The largest absolute Gasteiger partial charge is 0.206 e. The van der Waals surface area contributed by atoms with Gasteiger partial charge in [-0.05, 0) is 103 Å². The van der Waals surface area contributed by atoms with E-state index in [1.165, 1.54) is 38.5 Å². The van der Waals surface area contributed by atoms with Crippen LogP contribution in [0.4, 0.5) is 13.2 Å². The molecule has 0 aliphatic heterocycles. The second kappa shape index (κ2) is 10.7. The molecule has 35 heavy (non-hydrogen) atoms. The number of hydrogen-bond donors (Lipinski definition) is 0. The highest BCUT2D eigenvalue weighted by Gasteiger charge is 2.37. The van der Waals surface area contributed by atoms with Crippen molar-refractivity contribution in [1.29, 1.82) is 0 Å². The summed E-state index contributed by atoms with van der Waals surface area (Å²) in [6.45, 7) is 4.45. The van der Waals surface area contributed by atoms with E-state index in [9.17, 15) is 0 Å². The Labute approximate surface area is 209 Å². The molecule has 0 atom stereocenters. The molecule has 2 aromatic rings. The quantitative estimate of drug-likeness (QED) is 0.280. The molecule has 0 nitrogen and oxygen atoms in total. The fourth-order valence-corrected chi connectivity index (χ4v) is 7.33. The van der Waals surface area contributed by atoms with Gasteiger partial charge in [0.05, 0.1) is 0 Å². The van der Waals surface area contributed by atoms with Crippen LogP contribution in [-0.2, 0) is 0 Å². The average Bonchev–Trinajstić information content (AvgIpc) is 2.86. The van der Waals surface area contributed by atoms with E-state index in [1.54, 1.807) is 0 Å². The van der Waals surface area contributed by atoms with Gasteiger partial charge in [0.15, 0.2) is 11.6 Å². The summed E-state index contributed by atoms with van der Waals surface area (Å²) in [6, 6.07) is 5.72. The third-order valence-corrected chi connectivity index (χ3v) is 9.43. The van der Waals surface area contributed by atoms with E-state index in [-0.39, 0.29) is 23.2 Å². The molecule has 190 valence electrons. The van der Waals surface area contributed by atoms with Gasteiger partial charge < -0.3 is 0 Å². The molecule has 5 rings (SSSR count). The normalized spacial score (nSPS) is 25.6. The SMILES string of the molecule is CCCCCC1CCC(c2cc3c(c(F)c2F)-c2c-3ccc(C3CCC(CCC)CC3)c2F)CC1. The molecule has 0 unspecified atom stereocenters. The molecule has 0 heterocycles. The predicted octanol–water partition coefficient (Wildman–Crippen LogP) is 10.7. The maximum Gasteiger partial charge on any atom is 0.167 e. The first-order valence-corrected chi connectivity index (χ1v) is 14.4. The Balaban J connectivity index is 1.33. The monoisotopic (exact) mass is 482 g/mol. The van der Waals surface area contributed by atoms with E-state index in [0.717, 1.165) is 68.8 Å². The fourth-order valence-electron chi connectivity index (χ4n) is 7.33. The summed E-state index contributed by atoms with van der Waals surface area (Å²) in [7, 11) is 0. The van der Waals surface area contributed by atoms with Crippen LogP contribution in [0.2, 0.25) is 0 Å².